The average Bonchev–Trinajstić information content (AvgIpc) is 3.02. The summed E-state index contributed by atoms with van der Waals surface area (Å²) in [5, 5.41) is 5.07. The van der Waals surface area contributed by atoms with Crippen LogP contribution in [0.5, 0.6) is 0 Å². The Bertz CT molecular complexity index is 756. The monoisotopic (exact) mass is 294 g/mol. The molecule has 3 aromatic rings. The standard InChI is InChI=1S/C18H15ClN2/c1-14-3-7-16(18(13-14)21-12-2-11-20-21)8-4-15-5-9-17(19)10-6-15/h2-13H,1H3/b8-4+. The van der Waals surface area contributed by atoms with Crippen molar-refractivity contribution in [2.75, 3.05) is 0 Å². The minimum Gasteiger partial charge on any atom is -0.240 e. The Morgan fingerprint density at radius 2 is 1.86 bits per heavy atom. The normalized spacial score (nSPS) is 11.1. The van der Waals surface area contributed by atoms with Gasteiger partial charge in [-0.05, 0) is 42.3 Å². The molecular weight excluding hydrogens is 280 g/mol. The highest BCUT2D eigenvalue weighted by atomic mass is 35.5. The lowest BCUT2D eigenvalue weighted by Gasteiger charge is -2.07. The Hall–Kier alpha value is -2.32. The van der Waals surface area contributed by atoms with Gasteiger partial charge in [0.2, 0.25) is 0 Å². The van der Waals surface area contributed by atoms with Gasteiger partial charge in [0.15, 0.2) is 0 Å². The van der Waals surface area contributed by atoms with Gasteiger partial charge >= 0.3 is 0 Å². The van der Waals surface area contributed by atoms with Crippen LogP contribution >= 0.6 is 11.6 Å². The summed E-state index contributed by atoms with van der Waals surface area (Å²) in [6.07, 6.45) is 7.91. The van der Waals surface area contributed by atoms with Gasteiger partial charge in [0.05, 0.1) is 5.69 Å². The number of benzene rings is 2. The Balaban J connectivity index is 1.97. The topological polar surface area (TPSA) is 17.8 Å². The Kier molecular flexibility index (Phi) is 3.89. The maximum Gasteiger partial charge on any atom is 0.0720 e. The van der Waals surface area contributed by atoms with Crippen LogP contribution in [0.25, 0.3) is 17.8 Å². The highest BCUT2D eigenvalue weighted by molar-refractivity contribution is 6.30. The van der Waals surface area contributed by atoms with Crippen molar-refractivity contribution in [3.63, 3.8) is 0 Å². The maximum atomic E-state index is 5.90. The first-order chi connectivity index (χ1) is 10.2. The molecule has 21 heavy (non-hydrogen) atoms. The van der Waals surface area contributed by atoms with E-state index in [2.05, 4.69) is 42.4 Å². The predicted molar refractivity (Wildman–Crippen MR) is 88.7 cm³/mol. The number of hydrogen-bond donors (Lipinski definition) is 0. The van der Waals surface area contributed by atoms with Crippen molar-refractivity contribution in [2.45, 2.75) is 6.92 Å². The fourth-order valence-corrected chi connectivity index (χ4v) is 2.29. The molecule has 0 aliphatic carbocycles. The van der Waals surface area contributed by atoms with E-state index in [0.717, 1.165) is 21.8 Å². The van der Waals surface area contributed by atoms with Gasteiger partial charge in [-0.15, -0.1) is 0 Å². The molecule has 0 saturated heterocycles. The molecule has 0 aliphatic rings. The summed E-state index contributed by atoms with van der Waals surface area (Å²) < 4.78 is 1.88. The van der Waals surface area contributed by atoms with Crippen molar-refractivity contribution in [1.29, 1.82) is 0 Å². The molecule has 0 aliphatic heterocycles. The van der Waals surface area contributed by atoms with Gasteiger partial charge < -0.3 is 0 Å². The van der Waals surface area contributed by atoms with Crippen LogP contribution in [0.15, 0.2) is 60.9 Å². The van der Waals surface area contributed by atoms with E-state index in [1.165, 1.54) is 5.56 Å². The summed E-state index contributed by atoms with van der Waals surface area (Å²) in [6, 6.07) is 16.1. The molecule has 104 valence electrons. The molecule has 0 radical (unpaired) electrons. The predicted octanol–water partition coefficient (Wildman–Crippen LogP) is 5.00. The van der Waals surface area contributed by atoms with E-state index in [9.17, 15) is 0 Å². The number of aromatic nitrogens is 2. The zero-order valence-electron chi connectivity index (χ0n) is 11.7. The van der Waals surface area contributed by atoms with Crippen LogP contribution in [0.1, 0.15) is 16.7 Å². The van der Waals surface area contributed by atoms with E-state index >= 15 is 0 Å². The SMILES string of the molecule is Cc1ccc(/C=C/c2ccc(Cl)cc2)c(-n2cccn2)c1. The molecule has 0 atom stereocenters. The molecule has 0 amide bonds. The van der Waals surface area contributed by atoms with Gasteiger partial charge in [-0.3, -0.25) is 0 Å². The van der Waals surface area contributed by atoms with Crippen LogP contribution in [-0.2, 0) is 0 Å². The molecule has 0 saturated carbocycles. The summed E-state index contributed by atoms with van der Waals surface area (Å²) >= 11 is 5.90. The van der Waals surface area contributed by atoms with Crippen LogP contribution in [0.4, 0.5) is 0 Å². The smallest absolute Gasteiger partial charge is 0.0720 e. The molecule has 0 spiro atoms. The van der Waals surface area contributed by atoms with Crippen molar-refractivity contribution >= 4 is 23.8 Å². The Morgan fingerprint density at radius 1 is 1.05 bits per heavy atom. The Morgan fingerprint density at radius 3 is 2.57 bits per heavy atom. The largest absolute Gasteiger partial charge is 0.240 e. The lowest BCUT2D eigenvalue weighted by atomic mass is 10.1. The molecule has 1 aromatic heterocycles. The third kappa shape index (κ3) is 3.23. The summed E-state index contributed by atoms with van der Waals surface area (Å²) in [5.41, 5.74) is 4.53. The highest BCUT2D eigenvalue weighted by Crippen LogP contribution is 2.19. The summed E-state index contributed by atoms with van der Waals surface area (Å²) in [6.45, 7) is 2.08. The molecular formula is C18H15ClN2. The second-order valence-corrected chi connectivity index (χ2v) is 5.33. The molecule has 3 heteroatoms. The van der Waals surface area contributed by atoms with Crippen molar-refractivity contribution in [2.24, 2.45) is 0 Å². The molecule has 0 bridgehead atoms. The molecule has 0 fully saturated rings. The van der Waals surface area contributed by atoms with Gasteiger partial charge in [-0.2, -0.15) is 5.10 Å². The second kappa shape index (κ2) is 5.98. The maximum absolute atomic E-state index is 5.90. The molecule has 0 unspecified atom stereocenters. The lowest BCUT2D eigenvalue weighted by molar-refractivity contribution is 0.877. The first kappa shape index (κ1) is 13.7. The number of nitrogens with zero attached hydrogens (tertiary/aromatic N) is 2. The van der Waals surface area contributed by atoms with Crippen LogP contribution in [0.3, 0.4) is 0 Å². The molecule has 2 nitrogen and oxygen atoms in total. The number of rotatable bonds is 3. The van der Waals surface area contributed by atoms with Crippen LogP contribution in [0, 0.1) is 6.92 Å². The number of hydrogen-bond acceptors (Lipinski definition) is 1. The summed E-state index contributed by atoms with van der Waals surface area (Å²) in [4.78, 5) is 0. The average molecular weight is 295 g/mol. The zero-order chi connectivity index (χ0) is 14.7. The fraction of sp³-hybridized carbons (Fsp3) is 0.0556. The minimum absolute atomic E-state index is 0.750. The molecule has 0 N–H and O–H groups in total. The van der Waals surface area contributed by atoms with Gasteiger partial charge in [0.1, 0.15) is 0 Å². The first-order valence-electron chi connectivity index (χ1n) is 6.77. The van der Waals surface area contributed by atoms with Crippen LogP contribution in [-0.4, -0.2) is 9.78 Å². The van der Waals surface area contributed by atoms with E-state index in [-0.39, 0.29) is 0 Å². The van der Waals surface area contributed by atoms with E-state index < -0.39 is 0 Å². The van der Waals surface area contributed by atoms with Crippen molar-refractivity contribution in [3.05, 3.63) is 82.6 Å². The molecule has 2 aromatic carbocycles. The quantitative estimate of drug-likeness (QED) is 0.621. The van der Waals surface area contributed by atoms with Gasteiger partial charge in [0, 0.05) is 23.0 Å². The number of halogens is 1. The first-order valence-corrected chi connectivity index (χ1v) is 7.14. The zero-order valence-corrected chi connectivity index (χ0v) is 12.5. The van der Waals surface area contributed by atoms with E-state index in [1.54, 1.807) is 6.20 Å². The Labute approximate surface area is 129 Å². The van der Waals surface area contributed by atoms with Gasteiger partial charge in [0.25, 0.3) is 0 Å². The highest BCUT2D eigenvalue weighted by Gasteiger charge is 2.02. The summed E-state index contributed by atoms with van der Waals surface area (Å²) in [5.74, 6) is 0. The third-order valence-corrected chi connectivity index (χ3v) is 3.51. The van der Waals surface area contributed by atoms with Crippen LogP contribution in [0.2, 0.25) is 5.02 Å². The molecule has 1 heterocycles. The minimum atomic E-state index is 0.750. The van der Waals surface area contributed by atoms with Crippen molar-refractivity contribution in [3.8, 4) is 5.69 Å². The fourth-order valence-electron chi connectivity index (χ4n) is 2.16. The van der Waals surface area contributed by atoms with E-state index in [4.69, 9.17) is 11.6 Å². The molecule has 3 rings (SSSR count). The van der Waals surface area contributed by atoms with Gasteiger partial charge in [-0.1, -0.05) is 48.0 Å². The third-order valence-electron chi connectivity index (χ3n) is 3.26. The van der Waals surface area contributed by atoms with Crippen LogP contribution < -0.4 is 0 Å². The van der Waals surface area contributed by atoms with Crippen molar-refractivity contribution in [1.82, 2.24) is 9.78 Å². The van der Waals surface area contributed by atoms with Crippen molar-refractivity contribution < 1.29 is 0 Å². The second-order valence-electron chi connectivity index (χ2n) is 4.90. The lowest BCUT2D eigenvalue weighted by Crippen LogP contribution is -1.97. The summed E-state index contributed by atoms with van der Waals surface area (Å²) in [7, 11) is 0. The van der Waals surface area contributed by atoms with E-state index in [0.29, 0.717) is 0 Å². The van der Waals surface area contributed by atoms with E-state index in [1.807, 2.05) is 41.2 Å². The van der Waals surface area contributed by atoms with Gasteiger partial charge in [-0.25, -0.2) is 4.68 Å². The number of aryl methyl sites for hydroxylation is 1.